The fourth-order valence-corrected chi connectivity index (χ4v) is 2.95. The van der Waals surface area contributed by atoms with Crippen LogP contribution in [0.4, 0.5) is 14.9 Å². The van der Waals surface area contributed by atoms with Gasteiger partial charge < -0.3 is 14.5 Å². The molecule has 1 aromatic carbocycles. The molecule has 0 aromatic heterocycles. The molecule has 1 heterocycles. The summed E-state index contributed by atoms with van der Waals surface area (Å²) in [6.07, 6.45) is -0.183. The van der Waals surface area contributed by atoms with Crippen molar-refractivity contribution in [2.45, 2.75) is 19.4 Å². The van der Waals surface area contributed by atoms with Crippen molar-refractivity contribution in [1.29, 1.82) is 5.26 Å². The van der Waals surface area contributed by atoms with Gasteiger partial charge in [0.1, 0.15) is 5.82 Å². The van der Waals surface area contributed by atoms with Crippen LogP contribution in [-0.4, -0.2) is 67.7 Å². The van der Waals surface area contributed by atoms with Gasteiger partial charge in [0.2, 0.25) is 5.91 Å². The van der Waals surface area contributed by atoms with Crippen LogP contribution in [-0.2, 0) is 9.53 Å². The van der Waals surface area contributed by atoms with Gasteiger partial charge in [-0.25, -0.2) is 9.18 Å². The number of nitrogens with zero attached hydrogens (tertiary/aromatic N) is 4. The van der Waals surface area contributed by atoms with Crippen LogP contribution in [0, 0.1) is 17.1 Å². The highest BCUT2D eigenvalue weighted by atomic mass is 19.1. The number of benzene rings is 1. The highest BCUT2D eigenvalue weighted by Gasteiger charge is 2.30. The van der Waals surface area contributed by atoms with E-state index in [-0.39, 0.29) is 30.8 Å². The molecule has 1 aliphatic rings. The molecule has 0 aliphatic carbocycles. The minimum absolute atomic E-state index is 0.154. The van der Waals surface area contributed by atoms with Gasteiger partial charge in [0, 0.05) is 38.4 Å². The number of methoxy groups -OCH3 is 1. The molecule has 1 saturated heterocycles. The molecule has 1 atom stereocenters. The number of anilines is 1. The minimum atomic E-state index is -0.418. The van der Waals surface area contributed by atoms with Gasteiger partial charge in [0.05, 0.1) is 25.6 Å². The lowest BCUT2D eigenvalue weighted by Gasteiger charge is -2.38. The fraction of sp³-hybridized carbons (Fsp3) is 0.500. The predicted octanol–water partition coefficient (Wildman–Crippen LogP) is 1.84. The number of amides is 2. The summed E-state index contributed by atoms with van der Waals surface area (Å²) in [5.74, 6) is -0.535. The lowest BCUT2D eigenvalue weighted by atomic mass is 10.1. The molecule has 1 unspecified atom stereocenters. The number of hydrogen-bond donors (Lipinski definition) is 0. The average molecular weight is 362 g/mol. The van der Waals surface area contributed by atoms with Crippen molar-refractivity contribution in [2.24, 2.45) is 0 Å². The molecule has 8 heteroatoms. The molecule has 2 rings (SSSR count). The number of ether oxygens (including phenoxy) is 1. The molecule has 1 aromatic rings. The fourth-order valence-electron chi connectivity index (χ4n) is 2.95. The van der Waals surface area contributed by atoms with Gasteiger partial charge in [0.25, 0.3) is 0 Å². The zero-order valence-corrected chi connectivity index (χ0v) is 15.0. The summed E-state index contributed by atoms with van der Waals surface area (Å²) in [5.41, 5.74) is 0.562. The van der Waals surface area contributed by atoms with Crippen molar-refractivity contribution in [3.63, 3.8) is 0 Å². The molecule has 1 aliphatic heterocycles. The standard InChI is InChI=1S/C18H23FN4O3/c1-14(21-10-12-22(13-11-21)18(25)26-2)17(24)23(9-3-8-20)16-6-4-15(19)5-7-16/h4-7,14H,3,9-13H2,1-2H3. The largest absolute Gasteiger partial charge is 0.453 e. The average Bonchev–Trinajstić information content (AvgIpc) is 2.68. The number of nitriles is 1. The lowest BCUT2D eigenvalue weighted by Crippen LogP contribution is -2.55. The molecule has 7 nitrogen and oxygen atoms in total. The second-order valence-corrected chi connectivity index (χ2v) is 6.04. The van der Waals surface area contributed by atoms with Gasteiger partial charge in [-0.3, -0.25) is 9.69 Å². The van der Waals surface area contributed by atoms with Gasteiger partial charge >= 0.3 is 6.09 Å². The number of rotatable bonds is 5. The Balaban J connectivity index is 2.06. The number of piperazine rings is 1. The van der Waals surface area contributed by atoms with Gasteiger partial charge in [0.15, 0.2) is 0 Å². The van der Waals surface area contributed by atoms with Crippen molar-refractivity contribution in [2.75, 3.05) is 44.7 Å². The predicted molar refractivity (Wildman–Crippen MR) is 94.0 cm³/mol. The molecular formula is C18H23FN4O3. The third kappa shape index (κ3) is 4.70. The molecule has 0 bridgehead atoms. The topological polar surface area (TPSA) is 76.9 Å². The van der Waals surface area contributed by atoms with Crippen LogP contribution in [0.25, 0.3) is 0 Å². The molecular weight excluding hydrogens is 339 g/mol. The Bertz CT molecular complexity index is 666. The van der Waals surface area contributed by atoms with Gasteiger partial charge in [-0.1, -0.05) is 0 Å². The third-order valence-electron chi connectivity index (χ3n) is 4.50. The van der Waals surface area contributed by atoms with Gasteiger partial charge in [-0.05, 0) is 31.2 Å². The van der Waals surface area contributed by atoms with Crippen LogP contribution in [0.3, 0.4) is 0 Å². The summed E-state index contributed by atoms with van der Waals surface area (Å²) < 4.78 is 17.9. The summed E-state index contributed by atoms with van der Waals surface area (Å²) in [6, 6.07) is 7.28. The second-order valence-electron chi connectivity index (χ2n) is 6.04. The van der Waals surface area contributed by atoms with Crippen molar-refractivity contribution in [3.05, 3.63) is 30.1 Å². The molecule has 1 fully saturated rings. The highest BCUT2D eigenvalue weighted by Crippen LogP contribution is 2.19. The maximum atomic E-state index is 13.2. The summed E-state index contributed by atoms with van der Waals surface area (Å²) in [5, 5.41) is 8.87. The van der Waals surface area contributed by atoms with E-state index in [1.807, 2.05) is 11.0 Å². The number of hydrogen-bond acceptors (Lipinski definition) is 5. The van der Waals surface area contributed by atoms with E-state index in [4.69, 9.17) is 10.00 Å². The smallest absolute Gasteiger partial charge is 0.409 e. The summed E-state index contributed by atoms with van der Waals surface area (Å²) in [4.78, 5) is 29.6. The van der Waals surface area contributed by atoms with E-state index in [0.717, 1.165) is 0 Å². The molecule has 2 amide bonds. The maximum absolute atomic E-state index is 13.2. The van der Waals surface area contributed by atoms with Crippen molar-refractivity contribution >= 4 is 17.7 Å². The first-order valence-electron chi connectivity index (χ1n) is 8.48. The van der Waals surface area contributed by atoms with Crippen molar-refractivity contribution in [1.82, 2.24) is 9.80 Å². The Kier molecular flexibility index (Phi) is 6.92. The van der Waals surface area contributed by atoms with Crippen LogP contribution >= 0.6 is 0 Å². The Labute approximate surface area is 152 Å². The lowest BCUT2D eigenvalue weighted by molar-refractivity contribution is -0.123. The number of halogens is 1. The van der Waals surface area contributed by atoms with E-state index in [0.29, 0.717) is 31.9 Å². The summed E-state index contributed by atoms with van der Waals surface area (Å²) in [6.45, 7) is 4.12. The Morgan fingerprint density at radius 3 is 2.42 bits per heavy atom. The van der Waals surface area contributed by atoms with Crippen LogP contribution in [0.5, 0.6) is 0 Å². The quantitative estimate of drug-likeness (QED) is 0.799. The first kappa shape index (κ1) is 19.7. The molecule has 140 valence electrons. The zero-order valence-electron chi connectivity index (χ0n) is 15.0. The van der Waals surface area contributed by atoms with E-state index in [2.05, 4.69) is 0 Å². The summed E-state index contributed by atoms with van der Waals surface area (Å²) >= 11 is 0. The van der Waals surface area contributed by atoms with Crippen LogP contribution in [0.15, 0.2) is 24.3 Å². The summed E-state index contributed by atoms with van der Waals surface area (Å²) in [7, 11) is 1.34. The third-order valence-corrected chi connectivity index (χ3v) is 4.50. The molecule has 26 heavy (non-hydrogen) atoms. The Hall–Kier alpha value is -2.66. The molecule has 0 radical (unpaired) electrons. The molecule has 0 saturated carbocycles. The van der Waals surface area contributed by atoms with E-state index in [1.165, 1.54) is 36.3 Å². The molecule has 0 spiro atoms. The van der Waals surface area contributed by atoms with Crippen LogP contribution in [0.1, 0.15) is 13.3 Å². The van der Waals surface area contributed by atoms with Crippen LogP contribution in [0.2, 0.25) is 0 Å². The highest BCUT2D eigenvalue weighted by molar-refractivity contribution is 5.97. The second kappa shape index (κ2) is 9.15. The number of carbonyl (C=O) groups excluding carboxylic acids is 2. The van der Waals surface area contributed by atoms with E-state index >= 15 is 0 Å². The van der Waals surface area contributed by atoms with Gasteiger partial charge in [-0.15, -0.1) is 0 Å². The monoisotopic (exact) mass is 362 g/mol. The van der Waals surface area contributed by atoms with E-state index in [9.17, 15) is 14.0 Å². The van der Waals surface area contributed by atoms with Crippen molar-refractivity contribution in [3.8, 4) is 6.07 Å². The number of carbonyl (C=O) groups is 2. The SMILES string of the molecule is COC(=O)N1CCN(C(C)C(=O)N(CCC#N)c2ccc(F)cc2)CC1. The first-order valence-corrected chi connectivity index (χ1v) is 8.48. The Morgan fingerprint density at radius 2 is 1.88 bits per heavy atom. The normalized spacial score (nSPS) is 15.8. The van der Waals surface area contributed by atoms with Gasteiger partial charge in [-0.2, -0.15) is 5.26 Å². The van der Waals surface area contributed by atoms with E-state index < -0.39 is 6.04 Å². The zero-order chi connectivity index (χ0) is 19.1. The Morgan fingerprint density at radius 1 is 1.27 bits per heavy atom. The first-order chi connectivity index (χ1) is 12.5. The van der Waals surface area contributed by atoms with Crippen LogP contribution < -0.4 is 4.90 Å². The maximum Gasteiger partial charge on any atom is 0.409 e. The van der Waals surface area contributed by atoms with E-state index in [1.54, 1.807) is 11.8 Å². The molecule has 0 N–H and O–H groups in total. The van der Waals surface area contributed by atoms with Crippen molar-refractivity contribution < 1.29 is 18.7 Å². The minimum Gasteiger partial charge on any atom is -0.453 e.